The molecule has 1 amide bonds. The highest BCUT2D eigenvalue weighted by molar-refractivity contribution is 6.03. The van der Waals surface area contributed by atoms with Crippen LogP contribution in [0.3, 0.4) is 0 Å². The molecule has 11 heteroatoms. The Hall–Kier alpha value is -6.04. The fourth-order valence-electron chi connectivity index (χ4n) is 8.00. The van der Waals surface area contributed by atoms with Crippen LogP contribution < -0.4 is 18.9 Å². The number of pyridine rings is 1. The van der Waals surface area contributed by atoms with E-state index in [0.717, 1.165) is 36.3 Å². The third kappa shape index (κ3) is 6.81. The molecule has 0 radical (unpaired) electrons. The summed E-state index contributed by atoms with van der Waals surface area (Å²) in [7, 11) is 3.18. The largest absolute Gasteiger partial charge is 0.493 e. The molecule has 4 aromatic carbocycles. The zero-order chi connectivity index (χ0) is 37.5. The van der Waals surface area contributed by atoms with Gasteiger partial charge in [0.2, 0.25) is 0 Å². The third-order valence-electron chi connectivity index (χ3n) is 10.9. The van der Waals surface area contributed by atoms with E-state index in [9.17, 15) is 9.90 Å². The maximum Gasteiger partial charge on any atom is 0.257 e. The molecule has 4 aliphatic rings. The summed E-state index contributed by atoms with van der Waals surface area (Å²) < 4.78 is 24.1. The molecule has 5 aromatic rings. The first-order valence-corrected chi connectivity index (χ1v) is 18.5. The quantitative estimate of drug-likeness (QED) is 0.178. The van der Waals surface area contributed by atoms with Crippen molar-refractivity contribution in [1.82, 2.24) is 14.8 Å². The first kappa shape index (κ1) is 34.7. The Morgan fingerprint density at radius 1 is 0.655 bits per heavy atom. The minimum atomic E-state index is -0.179. The highest BCUT2D eigenvalue weighted by atomic mass is 16.5. The van der Waals surface area contributed by atoms with Crippen LogP contribution in [0.4, 0.5) is 11.4 Å². The number of aromatic nitrogens is 1. The van der Waals surface area contributed by atoms with Gasteiger partial charge in [0.05, 0.1) is 55.2 Å². The maximum atomic E-state index is 13.8. The number of fused-ring (bicyclic) bond motifs is 6. The fourth-order valence-corrected chi connectivity index (χ4v) is 8.00. The van der Waals surface area contributed by atoms with Gasteiger partial charge in [-0.05, 0) is 70.5 Å². The van der Waals surface area contributed by atoms with Crippen LogP contribution in [0.1, 0.15) is 55.1 Å². The monoisotopic (exact) mass is 735 g/mol. The van der Waals surface area contributed by atoms with Crippen molar-refractivity contribution in [3.63, 3.8) is 0 Å². The molecule has 55 heavy (non-hydrogen) atoms. The molecule has 0 fully saturated rings. The molecule has 4 aliphatic heterocycles. The molecule has 2 atom stereocenters. The zero-order valence-corrected chi connectivity index (χ0v) is 30.8. The molecule has 11 nitrogen and oxygen atoms in total. The Morgan fingerprint density at radius 2 is 1.22 bits per heavy atom. The first-order valence-electron chi connectivity index (χ1n) is 18.5. The number of amides is 1. The highest BCUT2D eigenvalue weighted by Crippen LogP contribution is 2.40. The van der Waals surface area contributed by atoms with Crippen LogP contribution in [0.15, 0.2) is 94.9 Å². The van der Waals surface area contributed by atoms with Gasteiger partial charge >= 0.3 is 0 Å². The van der Waals surface area contributed by atoms with E-state index in [0.29, 0.717) is 64.2 Å². The van der Waals surface area contributed by atoms with Gasteiger partial charge in [0.15, 0.2) is 23.0 Å². The van der Waals surface area contributed by atoms with Crippen LogP contribution in [0, 0.1) is 0 Å². The molecular formula is C44H41N5O6. The van der Waals surface area contributed by atoms with Crippen molar-refractivity contribution in [3.05, 3.63) is 135 Å². The van der Waals surface area contributed by atoms with Crippen molar-refractivity contribution >= 4 is 29.7 Å². The number of benzene rings is 4. The molecule has 5 heterocycles. The number of carbonyl (C=O) groups is 1. The molecule has 0 aliphatic carbocycles. The van der Waals surface area contributed by atoms with Gasteiger partial charge in [-0.25, -0.2) is 0 Å². The van der Waals surface area contributed by atoms with E-state index in [1.807, 2.05) is 47.7 Å². The van der Waals surface area contributed by atoms with E-state index in [4.69, 9.17) is 33.9 Å². The van der Waals surface area contributed by atoms with E-state index < -0.39 is 0 Å². The summed E-state index contributed by atoms with van der Waals surface area (Å²) in [4.78, 5) is 32.6. The molecule has 0 saturated carbocycles. The molecule has 278 valence electrons. The Bertz CT molecular complexity index is 2360. The van der Waals surface area contributed by atoms with Gasteiger partial charge in [-0.1, -0.05) is 48.5 Å². The van der Waals surface area contributed by atoms with Gasteiger partial charge in [0, 0.05) is 50.2 Å². The smallest absolute Gasteiger partial charge is 0.257 e. The third-order valence-corrected chi connectivity index (χ3v) is 10.9. The van der Waals surface area contributed by atoms with Crippen molar-refractivity contribution in [2.45, 2.75) is 64.4 Å². The number of aliphatic hydroxyl groups is 1. The summed E-state index contributed by atoms with van der Waals surface area (Å²) in [6.45, 7) is 2.17. The Labute approximate surface area is 319 Å². The van der Waals surface area contributed by atoms with Gasteiger partial charge in [-0.15, -0.1) is 0 Å². The lowest BCUT2D eigenvalue weighted by Gasteiger charge is -2.34. The molecule has 1 aromatic heterocycles. The second kappa shape index (κ2) is 14.7. The van der Waals surface area contributed by atoms with Gasteiger partial charge in [-0.2, -0.15) is 0 Å². The summed E-state index contributed by atoms with van der Waals surface area (Å²) in [5, 5.41) is 10.1. The van der Waals surface area contributed by atoms with Gasteiger partial charge in [0.1, 0.15) is 13.2 Å². The summed E-state index contributed by atoms with van der Waals surface area (Å²) >= 11 is 0. The number of ether oxygens (including phenoxy) is 4. The maximum absolute atomic E-state index is 13.8. The van der Waals surface area contributed by atoms with Gasteiger partial charge in [0.25, 0.3) is 5.91 Å². The fraction of sp³-hybridized carbons (Fsp3) is 0.273. The number of rotatable bonds is 9. The average molecular weight is 736 g/mol. The Kier molecular flexibility index (Phi) is 9.25. The summed E-state index contributed by atoms with van der Waals surface area (Å²) in [6, 6.07) is 27.9. The summed E-state index contributed by atoms with van der Waals surface area (Å²) in [5.41, 5.74) is 9.88. The lowest BCUT2D eigenvalue weighted by molar-refractivity contribution is 0.0703. The lowest BCUT2D eigenvalue weighted by atomic mass is 9.94. The summed E-state index contributed by atoms with van der Waals surface area (Å²) in [5.74, 6) is 1.92. The Morgan fingerprint density at radius 3 is 1.89 bits per heavy atom. The van der Waals surface area contributed by atoms with E-state index in [1.54, 1.807) is 32.4 Å². The van der Waals surface area contributed by atoms with Crippen LogP contribution in [0.2, 0.25) is 0 Å². The lowest BCUT2D eigenvalue weighted by Crippen LogP contribution is -2.44. The first-order chi connectivity index (χ1) is 27.0. The van der Waals surface area contributed by atoms with Crippen molar-refractivity contribution in [3.8, 4) is 23.0 Å². The number of nitrogens with zero attached hydrogens (tertiary/aromatic N) is 5. The molecular weight excluding hydrogens is 695 g/mol. The normalized spacial score (nSPS) is 18.1. The molecule has 0 saturated heterocycles. The molecule has 0 unspecified atom stereocenters. The van der Waals surface area contributed by atoms with E-state index in [2.05, 4.69) is 41.3 Å². The SMILES string of the molecule is COc1cc2c(cc1OCc1cc(CO)cc(COc3cc4c(cc3OC)C(=O)N3Cc5ccccc5C[C@H]3C=N4)n1)N=C[C@@H]1Cc3ccccc3CN1C2. The van der Waals surface area contributed by atoms with Gasteiger partial charge < -0.3 is 29.0 Å². The number of carbonyl (C=O) groups excluding carboxylic acids is 1. The van der Waals surface area contributed by atoms with Crippen LogP contribution in [-0.2, 0) is 52.3 Å². The number of methoxy groups -OCH3 is 2. The number of hydrogen-bond acceptors (Lipinski definition) is 10. The minimum Gasteiger partial charge on any atom is -0.493 e. The molecule has 0 bridgehead atoms. The zero-order valence-electron chi connectivity index (χ0n) is 30.8. The van der Waals surface area contributed by atoms with Crippen molar-refractivity contribution < 1.29 is 28.8 Å². The second-order valence-corrected chi connectivity index (χ2v) is 14.3. The number of aliphatic imine (C=N–C) groups is 2. The molecule has 1 N–H and O–H groups in total. The molecule has 0 spiro atoms. The number of aliphatic hydroxyl groups excluding tert-OH is 1. The highest BCUT2D eigenvalue weighted by Gasteiger charge is 2.33. The van der Waals surface area contributed by atoms with E-state index >= 15 is 0 Å². The van der Waals surface area contributed by atoms with Crippen molar-refractivity contribution in [2.24, 2.45) is 9.98 Å². The van der Waals surface area contributed by atoms with Crippen LogP contribution >= 0.6 is 0 Å². The molecule has 9 rings (SSSR count). The topological polar surface area (TPSA) is 118 Å². The summed E-state index contributed by atoms with van der Waals surface area (Å²) in [6.07, 6.45) is 5.53. The van der Waals surface area contributed by atoms with Crippen LogP contribution in [0.5, 0.6) is 23.0 Å². The number of hydrogen-bond donors (Lipinski definition) is 1. The van der Waals surface area contributed by atoms with Crippen molar-refractivity contribution in [1.29, 1.82) is 0 Å². The minimum absolute atomic E-state index is 0.0795. The van der Waals surface area contributed by atoms with Crippen LogP contribution in [0.25, 0.3) is 0 Å². The van der Waals surface area contributed by atoms with E-state index in [-0.39, 0.29) is 37.8 Å². The predicted octanol–water partition coefficient (Wildman–Crippen LogP) is 6.67. The standard InChI is InChI=1S/C44H41N5O6/c1-52-40-15-32-22-48-21-30-9-5-3-7-28(30)13-35(48)19-45-38(32)17-42(40)54-25-33-11-27(24-50)12-34(47-33)26-55-43-18-39-37(16-41(43)53-2)44(51)49-23-31-10-6-4-8-29(31)14-36(49)20-46-39/h3-12,15-20,35-36,50H,13-14,21-26H2,1-2H3/t35-,36-/m0/s1. The Balaban J connectivity index is 0.915. The predicted molar refractivity (Wildman–Crippen MR) is 208 cm³/mol. The average Bonchev–Trinajstić information content (AvgIpc) is 3.47. The van der Waals surface area contributed by atoms with Crippen LogP contribution in [-0.4, -0.2) is 64.5 Å². The van der Waals surface area contributed by atoms with Crippen molar-refractivity contribution in [2.75, 3.05) is 14.2 Å². The van der Waals surface area contributed by atoms with E-state index in [1.165, 1.54) is 16.7 Å². The van der Waals surface area contributed by atoms with Gasteiger partial charge in [-0.3, -0.25) is 24.7 Å². The second-order valence-electron chi connectivity index (χ2n) is 14.3.